The number of ether oxygens (including phenoxy) is 1. The standard InChI is InChI=1S/C21H27N3O5/c1-14-18(15(2)29-23-14)11-19(25)22-12-17-3-5-21(28-17)6-8-24(9-7-21)20(26)16-4-10-27-13-16/h4,10,13,17H,3,5-9,11-12H2,1-2H3,(H,22,25)/t17-/m1/s1. The molecule has 1 N–H and O–H groups in total. The van der Waals surface area contributed by atoms with E-state index in [9.17, 15) is 9.59 Å². The van der Waals surface area contributed by atoms with Gasteiger partial charge in [0.05, 0.1) is 35.6 Å². The molecule has 4 rings (SSSR count). The maximum Gasteiger partial charge on any atom is 0.257 e. The number of rotatable bonds is 5. The molecule has 2 aliphatic heterocycles. The van der Waals surface area contributed by atoms with E-state index in [0.717, 1.165) is 36.9 Å². The maximum absolute atomic E-state index is 12.5. The van der Waals surface area contributed by atoms with Crippen molar-refractivity contribution in [3.8, 4) is 0 Å². The van der Waals surface area contributed by atoms with E-state index >= 15 is 0 Å². The third-order valence-electron chi connectivity index (χ3n) is 6.11. The average Bonchev–Trinajstić information content (AvgIpc) is 3.45. The van der Waals surface area contributed by atoms with Crippen LogP contribution in [0.1, 0.15) is 53.1 Å². The van der Waals surface area contributed by atoms with Gasteiger partial charge in [0, 0.05) is 25.2 Å². The van der Waals surface area contributed by atoms with Gasteiger partial charge in [-0.1, -0.05) is 5.16 Å². The van der Waals surface area contributed by atoms with E-state index in [1.54, 1.807) is 6.07 Å². The second-order valence-electron chi connectivity index (χ2n) is 8.05. The normalized spacial score (nSPS) is 20.9. The van der Waals surface area contributed by atoms with Crippen LogP contribution in [-0.2, 0) is 16.0 Å². The number of carbonyl (C=O) groups excluding carboxylic acids is 2. The molecule has 156 valence electrons. The molecule has 0 aromatic carbocycles. The van der Waals surface area contributed by atoms with Crippen LogP contribution in [0, 0.1) is 13.8 Å². The summed E-state index contributed by atoms with van der Waals surface area (Å²) in [6, 6.07) is 1.69. The average molecular weight is 401 g/mol. The van der Waals surface area contributed by atoms with Crippen LogP contribution in [0.15, 0.2) is 27.5 Å². The highest BCUT2D eigenvalue weighted by Gasteiger charge is 2.43. The Balaban J connectivity index is 1.23. The smallest absolute Gasteiger partial charge is 0.257 e. The number of aryl methyl sites for hydroxylation is 2. The lowest BCUT2D eigenvalue weighted by molar-refractivity contribution is -0.122. The fourth-order valence-corrected chi connectivity index (χ4v) is 4.30. The Morgan fingerprint density at radius 2 is 2.07 bits per heavy atom. The number of amides is 2. The van der Waals surface area contributed by atoms with E-state index < -0.39 is 0 Å². The van der Waals surface area contributed by atoms with E-state index in [-0.39, 0.29) is 29.9 Å². The number of carbonyl (C=O) groups is 2. The zero-order valence-corrected chi connectivity index (χ0v) is 16.9. The summed E-state index contributed by atoms with van der Waals surface area (Å²) in [5, 5.41) is 6.86. The highest BCUT2D eigenvalue weighted by atomic mass is 16.5. The Morgan fingerprint density at radius 3 is 2.72 bits per heavy atom. The van der Waals surface area contributed by atoms with Crippen LogP contribution >= 0.6 is 0 Å². The molecule has 2 aromatic rings. The van der Waals surface area contributed by atoms with Crippen LogP contribution in [0.4, 0.5) is 0 Å². The molecule has 29 heavy (non-hydrogen) atoms. The number of piperidine rings is 1. The third kappa shape index (κ3) is 4.22. The monoisotopic (exact) mass is 401 g/mol. The molecule has 4 heterocycles. The number of nitrogens with zero attached hydrogens (tertiary/aromatic N) is 2. The van der Waals surface area contributed by atoms with Gasteiger partial charge in [0.2, 0.25) is 5.91 Å². The van der Waals surface area contributed by atoms with Crippen molar-refractivity contribution in [1.82, 2.24) is 15.4 Å². The Morgan fingerprint density at radius 1 is 1.28 bits per heavy atom. The van der Waals surface area contributed by atoms with Crippen LogP contribution in [0.2, 0.25) is 0 Å². The van der Waals surface area contributed by atoms with Gasteiger partial charge in [0.1, 0.15) is 12.0 Å². The lowest BCUT2D eigenvalue weighted by Gasteiger charge is -2.39. The zero-order valence-electron chi connectivity index (χ0n) is 16.9. The van der Waals surface area contributed by atoms with Crippen LogP contribution < -0.4 is 5.32 Å². The third-order valence-corrected chi connectivity index (χ3v) is 6.11. The zero-order chi connectivity index (χ0) is 20.4. The number of furan rings is 1. The summed E-state index contributed by atoms with van der Waals surface area (Å²) in [6.45, 7) is 5.51. The first-order valence-electron chi connectivity index (χ1n) is 10.1. The summed E-state index contributed by atoms with van der Waals surface area (Å²) in [5.74, 6) is 0.643. The maximum atomic E-state index is 12.5. The second-order valence-corrected chi connectivity index (χ2v) is 8.05. The molecular formula is C21H27N3O5. The molecule has 2 amide bonds. The predicted octanol–water partition coefficient (Wildman–Crippen LogP) is 2.40. The molecule has 0 saturated carbocycles. The van der Waals surface area contributed by atoms with Crippen LogP contribution in [-0.4, -0.2) is 53.2 Å². The van der Waals surface area contributed by atoms with Gasteiger partial charge in [0.25, 0.3) is 5.91 Å². The Labute approximate surface area is 169 Å². The summed E-state index contributed by atoms with van der Waals surface area (Å²) in [5.41, 5.74) is 2.02. The molecule has 1 spiro atoms. The van der Waals surface area contributed by atoms with Crippen LogP contribution in [0.5, 0.6) is 0 Å². The number of hydrogen-bond acceptors (Lipinski definition) is 6. The van der Waals surface area contributed by atoms with Gasteiger partial charge in [-0.25, -0.2) is 0 Å². The Bertz CT molecular complexity index is 846. The molecule has 8 heteroatoms. The number of nitrogens with one attached hydrogen (secondary N) is 1. The van der Waals surface area contributed by atoms with E-state index in [0.29, 0.717) is 31.0 Å². The molecule has 1 atom stereocenters. The summed E-state index contributed by atoms with van der Waals surface area (Å²) in [7, 11) is 0. The van der Waals surface area contributed by atoms with Crippen LogP contribution in [0.3, 0.4) is 0 Å². The van der Waals surface area contributed by atoms with Crippen molar-refractivity contribution in [2.75, 3.05) is 19.6 Å². The largest absolute Gasteiger partial charge is 0.472 e. The van der Waals surface area contributed by atoms with Gasteiger partial charge in [-0.15, -0.1) is 0 Å². The van der Waals surface area contributed by atoms with Crippen molar-refractivity contribution in [3.63, 3.8) is 0 Å². The first kappa shape index (κ1) is 19.7. The minimum Gasteiger partial charge on any atom is -0.472 e. The molecule has 0 radical (unpaired) electrons. The molecule has 0 unspecified atom stereocenters. The van der Waals surface area contributed by atoms with E-state index in [1.807, 2.05) is 18.7 Å². The SMILES string of the molecule is Cc1noc(C)c1CC(=O)NC[C@H]1CCC2(CCN(C(=O)c3ccoc3)CC2)O1. The molecule has 0 aliphatic carbocycles. The van der Waals surface area contributed by atoms with Gasteiger partial charge in [-0.05, 0) is 45.6 Å². The van der Waals surface area contributed by atoms with Gasteiger partial charge < -0.3 is 23.9 Å². The molecule has 2 aromatic heterocycles. The molecule has 8 nitrogen and oxygen atoms in total. The molecular weight excluding hydrogens is 374 g/mol. The molecule has 2 aliphatic rings. The van der Waals surface area contributed by atoms with Gasteiger partial charge >= 0.3 is 0 Å². The second kappa shape index (κ2) is 8.02. The van der Waals surface area contributed by atoms with E-state index in [1.165, 1.54) is 12.5 Å². The van der Waals surface area contributed by atoms with Gasteiger partial charge in [0.15, 0.2) is 0 Å². The molecule has 2 fully saturated rings. The van der Waals surface area contributed by atoms with Gasteiger partial charge in [-0.2, -0.15) is 0 Å². The van der Waals surface area contributed by atoms with Gasteiger partial charge in [-0.3, -0.25) is 9.59 Å². The first-order valence-corrected chi connectivity index (χ1v) is 10.1. The van der Waals surface area contributed by atoms with Crippen molar-refractivity contribution < 1.29 is 23.3 Å². The number of hydrogen-bond donors (Lipinski definition) is 1. The van der Waals surface area contributed by atoms with Crippen molar-refractivity contribution in [1.29, 1.82) is 0 Å². The Kier molecular flexibility index (Phi) is 5.45. The summed E-state index contributed by atoms with van der Waals surface area (Å²) in [4.78, 5) is 26.6. The number of aromatic nitrogens is 1. The van der Waals surface area contributed by atoms with E-state index in [4.69, 9.17) is 13.7 Å². The van der Waals surface area contributed by atoms with E-state index in [2.05, 4.69) is 10.5 Å². The minimum absolute atomic E-state index is 0.00901. The first-order chi connectivity index (χ1) is 14.0. The molecule has 2 saturated heterocycles. The van der Waals surface area contributed by atoms with Crippen molar-refractivity contribution >= 4 is 11.8 Å². The summed E-state index contributed by atoms with van der Waals surface area (Å²) in [6.07, 6.45) is 6.81. The lowest BCUT2D eigenvalue weighted by Crippen LogP contribution is -2.47. The van der Waals surface area contributed by atoms with Crippen molar-refractivity contribution in [2.45, 2.75) is 57.7 Å². The summed E-state index contributed by atoms with van der Waals surface area (Å²) >= 11 is 0. The molecule has 0 bridgehead atoms. The predicted molar refractivity (Wildman–Crippen MR) is 103 cm³/mol. The minimum atomic E-state index is -0.176. The quantitative estimate of drug-likeness (QED) is 0.826. The van der Waals surface area contributed by atoms with Crippen molar-refractivity contribution in [3.05, 3.63) is 41.2 Å². The van der Waals surface area contributed by atoms with Crippen LogP contribution in [0.25, 0.3) is 0 Å². The summed E-state index contributed by atoms with van der Waals surface area (Å²) < 4.78 is 16.5. The fourth-order valence-electron chi connectivity index (χ4n) is 4.30. The Hall–Kier alpha value is -2.61. The highest BCUT2D eigenvalue weighted by Crippen LogP contribution is 2.39. The topological polar surface area (TPSA) is 97.8 Å². The highest BCUT2D eigenvalue weighted by molar-refractivity contribution is 5.93. The van der Waals surface area contributed by atoms with Crippen molar-refractivity contribution in [2.24, 2.45) is 0 Å². The number of likely N-dealkylation sites (tertiary alicyclic amines) is 1. The fraction of sp³-hybridized carbons (Fsp3) is 0.571. The lowest BCUT2D eigenvalue weighted by atomic mass is 9.88.